The topological polar surface area (TPSA) is 12.9 Å². The monoisotopic (exact) mass is 237 g/mol. The summed E-state index contributed by atoms with van der Waals surface area (Å²) >= 11 is 1.74. The number of allylic oxidation sites excluding steroid dienone is 2. The first-order valence-electron chi connectivity index (χ1n) is 6.29. The molecule has 0 unspecified atom stereocenters. The van der Waals surface area contributed by atoms with Crippen LogP contribution in [0.2, 0.25) is 0 Å². The molecule has 0 radical (unpaired) electrons. The van der Waals surface area contributed by atoms with Crippen molar-refractivity contribution < 1.29 is 0 Å². The maximum Gasteiger partial charge on any atom is 0.0897 e. The van der Waals surface area contributed by atoms with Gasteiger partial charge in [0.2, 0.25) is 0 Å². The Bertz CT molecular complexity index is 325. The maximum absolute atomic E-state index is 4.47. The zero-order valence-corrected chi connectivity index (χ0v) is 11.6. The summed E-state index contributed by atoms with van der Waals surface area (Å²) in [7, 11) is 0. The molecular formula is C14H23NS. The van der Waals surface area contributed by atoms with Crippen molar-refractivity contribution in [2.75, 3.05) is 0 Å². The minimum Gasteiger partial charge on any atom is -0.246 e. The van der Waals surface area contributed by atoms with Crippen LogP contribution in [-0.4, -0.2) is 4.98 Å². The van der Waals surface area contributed by atoms with Crippen LogP contribution >= 0.6 is 11.3 Å². The third-order valence-electron chi connectivity index (χ3n) is 2.75. The lowest BCUT2D eigenvalue weighted by Gasteiger charge is -2.00. The molecule has 0 amide bonds. The van der Waals surface area contributed by atoms with Gasteiger partial charge in [0.25, 0.3) is 0 Å². The molecule has 0 aliphatic rings. The van der Waals surface area contributed by atoms with Crippen LogP contribution in [0.1, 0.15) is 56.7 Å². The third-order valence-corrected chi connectivity index (χ3v) is 3.57. The van der Waals surface area contributed by atoms with E-state index in [1.807, 2.05) is 0 Å². The van der Waals surface area contributed by atoms with Gasteiger partial charge in [-0.3, -0.25) is 0 Å². The number of hydrogen-bond donors (Lipinski definition) is 0. The predicted octanol–water partition coefficient (Wildman–Crippen LogP) is 4.91. The molecule has 0 atom stereocenters. The fraction of sp³-hybridized carbons (Fsp3) is 0.643. The van der Waals surface area contributed by atoms with Gasteiger partial charge in [0, 0.05) is 11.8 Å². The summed E-state index contributed by atoms with van der Waals surface area (Å²) in [4.78, 5) is 4.47. The minimum absolute atomic E-state index is 1.00. The Morgan fingerprint density at radius 2 is 2.19 bits per heavy atom. The van der Waals surface area contributed by atoms with Gasteiger partial charge in [-0.05, 0) is 26.7 Å². The van der Waals surface area contributed by atoms with E-state index in [2.05, 4.69) is 37.2 Å². The van der Waals surface area contributed by atoms with E-state index in [0.29, 0.717) is 0 Å². The predicted molar refractivity (Wildman–Crippen MR) is 73.1 cm³/mol. The quantitative estimate of drug-likeness (QED) is 0.485. The van der Waals surface area contributed by atoms with Crippen LogP contribution < -0.4 is 0 Å². The van der Waals surface area contributed by atoms with E-state index in [1.165, 1.54) is 48.4 Å². The second-order valence-corrected chi connectivity index (χ2v) is 5.49. The van der Waals surface area contributed by atoms with E-state index < -0.39 is 0 Å². The highest BCUT2D eigenvalue weighted by molar-refractivity contribution is 7.09. The van der Waals surface area contributed by atoms with Gasteiger partial charge >= 0.3 is 0 Å². The lowest BCUT2D eigenvalue weighted by atomic mass is 10.1. The average Bonchev–Trinajstić information content (AvgIpc) is 2.68. The molecule has 0 aliphatic heterocycles. The van der Waals surface area contributed by atoms with Crippen LogP contribution in [0.25, 0.3) is 0 Å². The molecule has 0 spiro atoms. The second-order valence-electron chi connectivity index (χ2n) is 4.42. The molecule has 0 N–H and O–H groups in total. The van der Waals surface area contributed by atoms with E-state index in [-0.39, 0.29) is 0 Å². The van der Waals surface area contributed by atoms with Crippen molar-refractivity contribution in [1.29, 1.82) is 0 Å². The summed E-state index contributed by atoms with van der Waals surface area (Å²) in [6.07, 6.45) is 10.00. The molecule has 0 bridgehead atoms. The third kappa shape index (κ3) is 5.45. The molecule has 0 aliphatic carbocycles. The summed E-state index contributed by atoms with van der Waals surface area (Å²) in [5.74, 6) is 0. The van der Waals surface area contributed by atoms with Crippen LogP contribution in [-0.2, 0) is 6.42 Å². The summed E-state index contributed by atoms with van der Waals surface area (Å²) < 4.78 is 0. The van der Waals surface area contributed by atoms with E-state index in [0.717, 1.165) is 6.42 Å². The highest BCUT2D eigenvalue weighted by Crippen LogP contribution is 2.13. The molecule has 1 heterocycles. The first-order valence-corrected chi connectivity index (χ1v) is 7.17. The van der Waals surface area contributed by atoms with Gasteiger partial charge in [-0.1, -0.05) is 37.8 Å². The molecule has 2 heteroatoms. The SMILES string of the molecule is CCCCCCC(C)=CCc1csc(C)n1. The van der Waals surface area contributed by atoms with Crippen LogP contribution in [0.4, 0.5) is 0 Å². The minimum atomic E-state index is 1.00. The molecule has 0 saturated carbocycles. The largest absolute Gasteiger partial charge is 0.246 e. The zero-order valence-electron chi connectivity index (χ0n) is 10.8. The summed E-state index contributed by atoms with van der Waals surface area (Å²) in [5, 5.41) is 3.33. The number of hydrogen-bond acceptors (Lipinski definition) is 2. The van der Waals surface area contributed by atoms with E-state index in [4.69, 9.17) is 0 Å². The van der Waals surface area contributed by atoms with Crippen LogP contribution in [0, 0.1) is 6.92 Å². The van der Waals surface area contributed by atoms with Crippen molar-refractivity contribution in [3.63, 3.8) is 0 Å². The van der Waals surface area contributed by atoms with Crippen LogP contribution in [0.3, 0.4) is 0 Å². The highest BCUT2D eigenvalue weighted by Gasteiger charge is 1.96. The van der Waals surface area contributed by atoms with Crippen LogP contribution in [0.5, 0.6) is 0 Å². The lowest BCUT2D eigenvalue weighted by Crippen LogP contribution is -1.85. The van der Waals surface area contributed by atoms with Crippen molar-refractivity contribution in [3.8, 4) is 0 Å². The Hall–Kier alpha value is -0.630. The van der Waals surface area contributed by atoms with Gasteiger partial charge in [0.1, 0.15) is 0 Å². The van der Waals surface area contributed by atoms with Gasteiger partial charge in [-0.2, -0.15) is 0 Å². The Labute approximate surface area is 104 Å². The fourth-order valence-electron chi connectivity index (χ4n) is 1.71. The van der Waals surface area contributed by atoms with Crippen LogP contribution in [0.15, 0.2) is 17.0 Å². The Kier molecular flexibility index (Phi) is 6.39. The number of unbranched alkanes of at least 4 members (excludes halogenated alkanes) is 3. The molecule has 1 aromatic rings. The van der Waals surface area contributed by atoms with Crippen molar-refractivity contribution >= 4 is 11.3 Å². The standard InChI is InChI=1S/C14H23NS/c1-4-5-6-7-8-12(2)9-10-14-11-16-13(3)15-14/h9,11H,4-8,10H2,1-3H3. The molecule has 1 nitrogen and oxygen atoms in total. The van der Waals surface area contributed by atoms with Gasteiger partial charge < -0.3 is 0 Å². The lowest BCUT2D eigenvalue weighted by molar-refractivity contribution is 0.663. The van der Waals surface area contributed by atoms with Crippen molar-refractivity contribution in [2.24, 2.45) is 0 Å². The smallest absolute Gasteiger partial charge is 0.0897 e. The summed E-state index contributed by atoms with van der Waals surface area (Å²) in [5.41, 5.74) is 2.73. The number of rotatable bonds is 7. The molecule has 90 valence electrons. The highest BCUT2D eigenvalue weighted by atomic mass is 32.1. The molecule has 0 aromatic carbocycles. The van der Waals surface area contributed by atoms with Crippen molar-refractivity contribution in [1.82, 2.24) is 4.98 Å². The average molecular weight is 237 g/mol. The number of nitrogens with zero attached hydrogens (tertiary/aromatic N) is 1. The normalized spacial score (nSPS) is 12.1. The fourth-order valence-corrected chi connectivity index (χ4v) is 2.34. The van der Waals surface area contributed by atoms with E-state index >= 15 is 0 Å². The second kappa shape index (κ2) is 7.61. The molecule has 1 rings (SSSR count). The van der Waals surface area contributed by atoms with Gasteiger partial charge in [0.05, 0.1) is 10.7 Å². The first-order chi connectivity index (χ1) is 7.72. The molecule has 0 fully saturated rings. The van der Waals surface area contributed by atoms with Gasteiger partial charge in [-0.15, -0.1) is 11.3 Å². The van der Waals surface area contributed by atoms with Crippen molar-refractivity contribution in [2.45, 2.75) is 59.3 Å². The van der Waals surface area contributed by atoms with Crippen molar-refractivity contribution in [3.05, 3.63) is 27.7 Å². The molecule has 16 heavy (non-hydrogen) atoms. The van der Waals surface area contributed by atoms with E-state index in [1.54, 1.807) is 11.3 Å². The molecule has 0 saturated heterocycles. The maximum atomic E-state index is 4.47. The molecule has 1 aromatic heterocycles. The number of aromatic nitrogens is 1. The van der Waals surface area contributed by atoms with Gasteiger partial charge in [0.15, 0.2) is 0 Å². The van der Waals surface area contributed by atoms with Gasteiger partial charge in [-0.25, -0.2) is 4.98 Å². The Balaban J connectivity index is 2.23. The number of thiazole rings is 1. The van der Waals surface area contributed by atoms with E-state index in [9.17, 15) is 0 Å². The zero-order chi connectivity index (χ0) is 11.8. The molecular weight excluding hydrogens is 214 g/mol. The Morgan fingerprint density at radius 3 is 2.81 bits per heavy atom. The number of aryl methyl sites for hydroxylation is 1. The summed E-state index contributed by atoms with van der Waals surface area (Å²) in [6.45, 7) is 6.56. The summed E-state index contributed by atoms with van der Waals surface area (Å²) in [6, 6.07) is 0. The Morgan fingerprint density at radius 1 is 1.38 bits per heavy atom. The first kappa shape index (κ1) is 13.4.